The van der Waals surface area contributed by atoms with E-state index in [1.165, 1.54) is 30.4 Å². The molecule has 94 valence electrons. The number of hydrogen-bond donors (Lipinski definition) is 0. The number of halogens is 2. The highest BCUT2D eigenvalue weighted by Crippen LogP contribution is 2.30. The minimum Gasteiger partial charge on any atom is -0.294 e. The molecule has 0 saturated carbocycles. The molecule has 0 bridgehead atoms. The summed E-state index contributed by atoms with van der Waals surface area (Å²) in [7, 11) is 0. The Hall–Kier alpha value is -1.62. The highest BCUT2D eigenvalue weighted by Gasteiger charge is 2.14. The molecule has 0 unspecified atom stereocenters. The number of thiazole rings is 1. The Morgan fingerprint density at radius 1 is 1.39 bits per heavy atom. The molecular formula is C13H11F2NOS. The van der Waals surface area contributed by atoms with Crippen molar-refractivity contribution in [3.05, 3.63) is 40.4 Å². The first-order chi connectivity index (χ1) is 8.49. The van der Waals surface area contributed by atoms with Crippen LogP contribution in [0.5, 0.6) is 0 Å². The van der Waals surface area contributed by atoms with Gasteiger partial charge in [0, 0.05) is 18.1 Å². The van der Waals surface area contributed by atoms with Crippen LogP contribution < -0.4 is 0 Å². The maximum Gasteiger partial charge on any atom is 0.263 e. The molecule has 1 heterocycles. The van der Waals surface area contributed by atoms with Gasteiger partial charge in [-0.15, -0.1) is 11.3 Å². The van der Waals surface area contributed by atoms with E-state index in [1.807, 2.05) is 0 Å². The molecule has 0 spiro atoms. The van der Waals surface area contributed by atoms with Crippen LogP contribution in [0.1, 0.15) is 34.3 Å². The van der Waals surface area contributed by atoms with Crippen LogP contribution >= 0.6 is 11.3 Å². The van der Waals surface area contributed by atoms with Gasteiger partial charge in [-0.05, 0) is 13.0 Å². The summed E-state index contributed by atoms with van der Waals surface area (Å²) in [6, 6.07) is 6.07. The van der Waals surface area contributed by atoms with Crippen molar-refractivity contribution in [2.45, 2.75) is 20.3 Å². The average Bonchev–Trinajstić information content (AvgIpc) is 2.71. The molecule has 0 radical (unpaired) electrons. The van der Waals surface area contributed by atoms with Crippen molar-refractivity contribution < 1.29 is 13.6 Å². The van der Waals surface area contributed by atoms with Crippen LogP contribution in [-0.2, 0) is 0 Å². The van der Waals surface area contributed by atoms with Crippen molar-refractivity contribution >= 4 is 17.1 Å². The highest BCUT2D eigenvalue weighted by atomic mass is 32.1. The number of nitrogens with zero attached hydrogens (tertiary/aromatic N) is 1. The second kappa shape index (κ2) is 4.94. The van der Waals surface area contributed by atoms with Gasteiger partial charge in [0.1, 0.15) is 5.01 Å². The Kier molecular flexibility index (Phi) is 3.52. The van der Waals surface area contributed by atoms with Gasteiger partial charge in [-0.3, -0.25) is 4.79 Å². The summed E-state index contributed by atoms with van der Waals surface area (Å²) in [5, 5.41) is 0.597. The number of aromatic nitrogens is 1. The quantitative estimate of drug-likeness (QED) is 0.778. The van der Waals surface area contributed by atoms with Gasteiger partial charge >= 0.3 is 0 Å². The molecule has 1 aromatic carbocycles. The molecule has 2 aromatic rings. The summed E-state index contributed by atoms with van der Waals surface area (Å²) < 4.78 is 25.2. The van der Waals surface area contributed by atoms with Gasteiger partial charge in [0.15, 0.2) is 5.78 Å². The van der Waals surface area contributed by atoms with Crippen LogP contribution in [0.2, 0.25) is 0 Å². The molecule has 0 N–H and O–H groups in total. The van der Waals surface area contributed by atoms with Crippen molar-refractivity contribution in [2.24, 2.45) is 0 Å². The number of Topliss-reactive ketones (excluding diaryl/α,β-unsaturated/α-hetero) is 1. The Labute approximate surface area is 107 Å². The number of carbonyl (C=O) groups is 1. The van der Waals surface area contributed by atoms with Gasteiger partial charge in [0.05, 0.1) is 10.6 Å². The SMILES string of the molecule is CC(=O)c1sc(-c2cccc(C(F)F)c2)nc1C. The van der Waals surface area contributed by atoms with E-state index in [2.05, 4.69) is 4.98 Å². The number of aryl methyl sites for hydroxylation is 1. The summed E-state index contributed by atoms with van der Waals surface area (Å²) in [5.41, 5.74) is 1.23. The van der Waals surface area contributed by atoms with Crippen LogP contribution in [0.3, 0.4) is 0 Å². The number of alkyl halides is 2. The minimum absolute atomic E-state index is 0.0373. The van der Waals surface area contributed by atoms with E-state index < -0.39 is 6.43 Å². The van der Waals surface area contributed by atoms with Crippen LogP contribution in [0.4, 0.5) is 8.78 Å². The largest absolute Gasteiger partial charge is 0.294 e. The minimum atomic E-state index is -2.50. The fourth-order valence-electron chi connectivity index (χ4n) is 1.65. The molecule has 1 aromatic heterocycles. The van der Waals surface area contributed by atoms with Gasteiger partial charge in [-0.2, -0.15) is 0 Å². The number of carbonyl (C=O) groups excluding carboxylic acids is 1. The summed E-state index contributed by atoms with van der Waals surface area (Å²) in [6.07, 6.45) is -2.50. The van der Waals surface area contributed by atoms with Gasteiger partial charge in [0.25, 0.3) is 6.43 Å². The molecule has 2 rings (SSSR count). The Morgan fingerprint density at radius 2 is 2.11 bits per heavy atom. The lowest BCUT2D eigenvalue weighted by molar-refractivity contribution is 0.102. The average molecular weight is 267 g/mol. The molecule has 0 amide bonds. The van der Waals surface area contributed by atoms with Crippen molar-refractivity contribution in [3.8, 4) is 10.6 Å². The normalized spacial score (nSPS) is 10.9. The Bertz CT molecular complexity index is 592. The monoisotopic (exact) mass is 267 g/mol. The molecule has 5 heteroatoms. The highest BCUT2D eigenvalue weighted by molar-refractivity contribution is 7.17. The summed E-state index contributed by atoms with van der Waals surface area (Å²) >= 11 is 1.24. The van der Waals surface area contributed by atoms with Crippen molar-refractivity contribution in [1.29, 1.82) is 0 Å². The smallest absolute Gasteiger partial charge is 0.263 e. The predicted molar refractivity (Wildman–Crippen MR) is 67.2 cm³/mol. The van der Waals surface area contributed by atoms with Gasteiger partial charge in [0.2, 0.25) is 0 Å². The first kappa shape index (κ1) is 12.8. The zero-order valence-electron chi connectivity index (χ0n) is 9.91. The van der Waals surface area contributed by atoms with E-state index in [-0.39, 0.29) is 11.3 Å². The second-order valence-corrected chi connectivity index (χ2v) is 4.91. The van der Waals surface area contributed by atoms with Gasteiger partial charge in [-0.1, -0.05) is 18.2 Å². The zero-order chi connectivity index (χ0) is 13.3. The number of hydrogen-bond acceptors (Lipinski definition) is 3. The second-order valence-electron chi connectivity index (χ2n) is 3.92. The van der Waals surface area contributed by atoms with E-state index in [4.69, 9.17) is 0 Å². The van der Waals surface area contributed by atoms with Crippen molar-refractivity contribution in [1.82, 2.24) is 4.98 Å². The third-order valence-electron chi connectivity index (χ3n) is 2.50. The molecule has 2 nitrogen and oxygen atoms in total. The maximum absolute atomic E-state index is 12.6. The Balaban J connectivity index is 2.45. The van der Waals surface area contributed by atoms with Crippen LogP contribution in [0, 0.1) is 6.92 Å². The molecule has 0 atom stereocenters. The van der Waals surface area contributed by atoms with Crippen LogP contribution in [-0.4, -0.2) is 10.8 Å². The number of rotatable bonds is 3. The topological polar surface area (TPSA) is 30.0 Å². The van der Waals surface area contributed by atoms with Crippen molar-refractivity contribution in [3.63, 3.8) is 0 Å². The van der Waals surface area contributed by atoms with Gasteiger partial charge in [-0.25, -0.2) is 13.8 Å². The Morgan fingerprint density at radius 3 is 2.67 bits per heavy atom. The molecular weight excluding hydrogens is 256 g/mol. The lowest BCUT2D eigenvalue weighted by atomic mass is 10.1. The number of ketones is 1. The van der Waals surface area contributed by atoms with E-state index in [0.29, 0.717) is 21.1 Å². The lowest BCUT2D eigenvalue weighted by Gasteiger charge is -2.01. The van der Waals surface area contributed by atoms with E-state index in [0.717, 1.165) is 0 Å². The summed E-state index contributed by atoms with van der Waals surface area (Å²) in [5.74, 6) is -0.0544. The predicted octanol–water partition coefficient (Wildman–Crippen LogP) is 4.26. The molecule has 0 aliphatic carbocycles. The third kappa shape index (κ3) is 2.46. The van der Waals surface area contributed by atoms with E-state index in [1.54, 1.807) is 19.1 Å². The molecule has 0 aliphatic rings. The molecule has 0 aliphatic heterocycles. The fourth-order valence-corrected chi connectivity index (χ4v) is 2.61. The third-order valence-corrected chi connectivity index (χ3v) is 3.81. The molecule has 0 saturated heterocycles. The fraction of sp³-hybridized carbons (Fsp3) is 0.231. The van der Waals surface area contributed by atoms with Crippen molar-refractivity contribution in [2.75, 3.05) is 0 Å². The van der Waals surface area contributed by atoms with Crippen LogP contribution in [0.15, 0.2) is 24.3 Å². The first-order valence-electron chi connectivity index (χ1n) is 5.36. The maximum atomic E-state index is 12.6. The number of benzene rings is 1. The first-order valence-corrected chi connectivity index (χ1v) is 6.17. The van der Waals surface area contributed by atoms with E-state index in [9.17, 15) is 13.6 Å². The summed E-state index contributed by atoms with van der Waals surface area (Å²) in [6.45, 7) is 3.22. The van der Waals surface area contributed by atoms with Crippen LogP contribution in [0.25, 0.3) is 10.6 Å². The zero-order valence-corrected chi connectivity index (χ0v) is 10.7. The standard InChI is InChI=1S/C13H11F2NOS/c1-7-11(8(2)17)18-13(16-7)10-5-3-4-9(6-10)12(14)15/h3-6,12H,1-2H3. The molecule has 0 fully saturated rings. The lowest BCUT2D eigenvalue weighted by Crippen LogP contribution is -1.89. The summed E-state index contributed by atoms with van der Waals surface area (Å²) in [4.78, 5) is 16.2. The van der Waals surface area contributed by atoms with E-state index >= 15 is 0 Å². The molecule has 18 heavy (non-hydrogen) atoms. The van der Waals surface area contributed by atoms with Gasteiger partial charge < -0.3 is 0 Å².